The van der Waals surface area contributed by atoms with Gasteiger partial charge in [-0.1, -0.05) is 0 Å². The summed E-state index contributed by atoms with van der Waals surface area (Å²) >= 11 is 0. The largest absolute Gasteiger partial charge is 0.388 e. The molecule has 1 aliphatic rings. The molecule has 104 valence electrons. The maximum absolute atomic E-state index is 9.92. The summed E-state index contributed by atoms with van der Waals surface area (Å²) in [5, 5.41) is 38.9. The van der Waals surface area contributed by atoms with Crippen LogP contribution < -0.4 is 22.9 Å². The average molecular weight is 262 g/mol. The van der Waals surface area contributed by atoms with Crippen molar-refractivity contribution in [3.8, 4) is 0 Å². The predicted molar refractivity (Wildman–Crippen MR) is 63.2 cm³/mol. The van der Waals surface area contributed by atoms with Gasteiger partial charge < -0.3 is 43.4 Å². The number of nitrogens with two attached hydrogens (primary N) is 4. The number of hydrogen-bond donors (Lipinski definition) is 8. The summed E-state index contributed by atoms with van der Waals surface area (Å²) in [6, 6.07) is -2.47. The van der Waals surface area contributed by atoms with Gasteiger partial charge in [0.1, 0.15) is 36.5 Å². The molecule has 1 saturated carbocycles. The van der Waals surface area contributed by atoms with Gasteiger partial charge in [0.25, 0.3) is 0 Å². The highest BCUT2D eigenvalue weighted by Gasteiger charge is 2.49. The van der Waals surface area contributed by atoms with E-state index in [0.29, 0.717) is 0 Å². The Balaban J connectivity index is 3.08. The summed E-state index contributed by atoms with van der Waals surface area (Å²) in [7, 11) is 0. The normalized spacial score (nSPS) is 40.0. The molecule has 10 heteroatoms. The Labute approximate surface area is 103 Å². The molecule has 12 N–H and O–H groups in total. The van der Waals surface area contributed by atoms with E-state index in [1.165, 1.54) is 0 Å². The average Bonchev–Trinajstić information content (AvgIpc) is 2.27. The second-order valence-electron chi connectivity index (χ2n) is 4.05. The minimum absolute atomic E-state index is 0.384. The molecular weight excluding hydrogens is 244 g/mol. The van der Waals surface area contributed by atoms with Crippen molar-refractivity contribution in [1.82, 2.24) is 0 Å². The maximum Gasteiger partial charge on any atom is 0.186 e. The van der Waals surface area contributed by atoms with Gasteiger partial charge in [0.15, 0.2) is 11.9 Å². The topological polar surface area (TPSA) is 210 Å². The third-order valence-electron chi connectivity index (χ3n) is 2.70. The van der Waals surface area contributed by atoms with Gasteiger partial charge >= 0.3 is 0 Å². The molecule has 18 heavy (non-hydrogen) atoms. The second kappa shape index (κ2) is 5.35. The SMILES string of the molecule is NC(N)=N[C@@H]1C(O)[C@H](N=C(N)N)[C@H](O)C(O)[C@@H]1O. The number of aliphatic hydroxyl groups is 4. The first kappa shape index (κ1) is 14.4. The highest BCUT2D eigenvalue weighted by Crippen LogP contribution is 2.25. The summed E-state index contributed by atoms with van der Waals surface area (Å²) in [6.45, 7) is 0. The Kier molecular flexibility index (Phi) is 4.29. The summed E-state index contributed by atoms with van der Waals surface area (Å²) in [4.78, 5) is 7.18. The van der Waals surface area contributed by atoms with Gasteiger partial charge in [-0.15, -0.1) is 0 Å². The Hall–Kier alpha value is -1.62. The van der Waals surface area contributed by atoms with Crippen molar-refractivity contribution >= 4 is 11.9 Å². The fourth-order valence-corrected chi connectivity index (χ4v) is 1.86. The van der Waals surface area contributed by atoms with E-state index >= 15 is 0 Å². The van der Waals surface area contributed by atoms with Crippen LogP contribution in [-0.2, 0) is 0 Å². The molecule has 1 rings (SSSR count). The first-order valence-electron chi connectivity index (χ1n) is 5.15. The van der Waals surface area contributed by atoms with E-state index < -0.39 is 36.5 Å². The molecule has 0 aromatic heterocycles. The van der Waals surface area contributed by atoms with Gasteiger partial charge in [-0.3, -0.25) is 0 Å². The predicted octanol–water partition coefficient (Wildman–Crippen LogP) is -5.27. The lowest BCUT2D eigenvalue weighted by Gasteiger charge is -2.40. The van der Waals surface area contributed by atoms with Crippen molar-refractivity contribution in [1.29, 1.82) is 0 Å². The molecule has 1 fully saturated rings. The second-order valence-corrected chi connectivity index (χ2v) is 4.05. The Bertz CT molecular complexity index is 321. The van der Waals surface area contributed by atoms with Crippen LogP contribution in [0.5, 0.6) is 0 Å². The zero-order chi connectivity index (χ0) is 14.0. The molecule has 2 unspecified atom stereocenters. The molecule has 0 aliphatic heterocycles. The van der Waals surface area contributed by atoms with Crippen LogP contribution in [0.1, 0.15) is 0 Å². The van der Waals surface area contributed by atoms with Gasteiger partial charge in [-0.05, 0) is 0 Å². The molecular formula is C8H18N6O4. The van der Waals surface area contributed by atoms with Crippen LogP contribution in [0.15, 0.2) is 9.98 Å². The van der Waals surface area contributed by atoms with Crippen molar-refractivity contribution in [2.45, 2.75) is 36.5 Å². The molecule has 6 atom stereocenters. The highest BCUT2D eigenvalue weighted by atomic mass is 16.4. The summed E-state index contributed by atoms with van der Waals surface area (Å²) < 4.78 is 0. The standard InChI is InChI=1S/C8H18N6O4/c9-7(10)13-1-3(15)2(14-8(11)12)5(17)6(18)4(1)16/h1-6,15-18H,(H4,9,10,13)(H4,11,12,14)/t1-,2+,3?,4-,5+,6?. The van der Waals surface area contributed by atoms with E-state index in [-0.39, 0.29) is 11.9 Å². The van der Waals surface area contributed by atoms with Gasteiger partial charge in [-0.25, -0.2) is 9.98 Å². The third-order valence-corrected chi connectivity index (χ3v) is 2.70. The lowest BCUT2D eigenvalue weighted by molar-refractivity contribution is -0.136. The van der Waals surface area contributed by atoms with Gasteiger partial charge in [-0.2, -0.15) is 0 Å². The maximum atomic E-state index is 9.92. The van der Waals surface area contributed by atoms with Gasteiger partial charge in [0.2, 0.25) is 0 Å². The first-order valence-corrected chi connectivity index (χ1v) is 5.15. The fourth-order valence-electron chi connectivity index (χ4n) is 1.86. The Morgan fingerprint density at radius 1 is 0.611 bits per heavy atom. The van der Waals surface area contributed by atoms with E-state index in [9.17, 15) is 20.4 Å². The van der Waals surface area contributed by atoms with Gasteiger partial charge in [0, 0.05) is 0 Å². The molecule has 0 amide bonds. The highest BCUT2D eigenvalue weighted by molar-refractivity contribution is 5.76. The van der Waals surface area contributed by atoms with E-state index in [0.717, 1.165) is 0 Å². The Morgan fingerprint density at radius 3 is 1.22 bits per heavy atom. The third kappa shape index (κ3) is 2.79. The van der Waals surface area contributed by atoms with Crippen molar-refractivity contribution < 1.29 is 20.4 Å². The smallest absolute Gasteiger partial charge is 0.186 e. The monoisotopic (exact) mass is 262 g/mol. The lowest BCUT2D eigenvalue weighted by atomic mass is 9.82. The Morgan fingerprint density at radius 2 is 0.944 bits per heavy atom. The zero-order valence-electron chi connectivity index (χ0n) is 9.46. The number of rotatable bonds is 2. The summed E-state index contributed by atoms with van der Waals surface area (Å²) in [5.41, 5.74) is 20.6. The first-order chi connectivity index (χ1) is 8.25. The van der Waals surface area contributed by atoms with Gasteiger partial charge in [0.05, 0.1) is 0 Å². The molecule has 0 aromatic rings. The van der Waals surface area contributed by atoms with Crippen LogP contribution in [-0.4, -0.2) is 68.8 Å². The number of nitrogens with zero attached hydrogens (tertiary/aromatic N) is 2. The molecule has 0 heterocycles. The molecule has 0 aromatic carbocycles. The van der Waals surface area contributed by atoms with Crippen LogP contribution in [0.2, 0.25) is 0 Å². The number of guanidine groups is 2. The molecule has 0 saturated heterocycles. The van der Waals surface area contributed by atoms with E-state index in [1.54, 1.807) is 0 Å². The van der Waals surface area contributed by atoms with Crippen LogP contribution in [0.25, 0.3) is 0 Å². The van der Waals surface area contributed by atoms with Crippen molar-refractivity contribution in [3.05, 3.63) is 0 Å². The molecule has 0 radical (unpaired) electrons. The van der Waals surface area contributed by atoms with E-state index in [1.807, 2.05) is 0 Å². The van der Waals surface area contributed by atoms with Crippen LogP contribution in [0, 0.1) is 0 Å². The van der Waals surface area contributed by atoms with E-state index in [2.05, 4.69) is 9.98 Å². The fraction of sp³-hybridized carbons (Fsp3) is 0.750. The van der Waals surface area contributed by atoms with Crippen LogP contribution in [0.4, 0.5) is 0 Å². The number of aliphatic imine (C=N–C) groups is 2. The molecule has 1 aliphatic carbocycles. The van der Waals surface area contributed by atoms with Crippen molar-refractivity contribution in [2.75, 3.05) is 0 Å². The summed E-state index contributed by atoms with van der Waals surface area (Å²) in [6.07, 6.45) is -6.11. The van der Waals surface area contributed by atoms with E-state index in [4.69, 9.17) is 22.9 Å². The zero-order valence-corrected chi connectivity index (χ0v) is 9.46. The lowest BCUT2D eigenvalue weighted by Crippen LogP contribution is -2.63. The van der Waals surface area contributed by atoms with Crippen molar-refractivity contribution in [3.63, 3.8) is 0 Å². The minimum Gasteiger partial charge on any atom is -0.388 e. The minimum atomic E-state index is -1.59. The van der Waals surface area contributed by atoms with Crippen molar-refractivity contribution in [2.24, 2.45) is 32.9 Å². The quantitative estimate of drug-likeness (QED) is 0.177. The molecule has 10 nitrogen and oxygen atoms in total. The molecule has 0 spiro atoms. The number of aliphatic hydroxyl groups excluding tert-OH is 4. The molecule has 0 bridgehead atoms. The summed E-state index contributed by atoms with van der Waals surface area (Å²) in [5.74, 6) is -0.768. The van der Waals surface area contributed by atoms with Crippen LogP contribution in [0.3, 0.4) is 0 Å². The van der Waals surface area contributed by atoms with Crippen LogP contribution >= 0.6 is 0 Å². The number of hydrogen-bond acceptors (Lipinski definition) is 6.